The van der Waals surface area contributed by atoms with Crippen molar-refractivity contribution in [3.8, 4) is 0 Å². The molecule has 1 aromatic rings. The second-order valence-electron chi connectivity index (χ2n) is 2.13. The van der Waals surface area contributed by atoms with Crippen molar-refractivity contribution in [1.29, 1.82) is 0 Å². The largest absolute Gasteiger partial charge is 0.355 e. The third-order valence-corrected chi connectivity index (χ3v) is 1.61. The maximum Gasteiger partial charge on any atom is 0.251 e. The van der Waals surface area contributed by atoms with Gasteiger partial charge in [0.05, 0.1) is 0 Å². The van der Waals surface area contributed by atoms with Crippen LogP contribution in [0.3, 0.4) is 0 Å². The fourth-order valence-corrected chi connectivity index (χ4v) is 1.02. The minimum absolute atomic E-state index is 0.0825. The first-order valence-electron chi connectivity index (χ1n) is 3.25. The van der Waals surface area contributed by atoms with Crippen molar-refractivity contribution in [3.63, 3.8) is 0 Å². The Hall–Kier alpha value is -0.960. The second-order valence-corrected chi connectivity index (χ2v) is 2.65. The van der Waals surface area contributed by atoms with Crippen LogP contribution in [0.25, 0.3) is 0 Å². The summed E-state index contributed by atoms with van der Waals surface area (Å²) in [7, 11) is 1.60. The molecular formula is C8H9NOS. The molecule has 11 heavy (non-hydrogen) atoms. The van der Waals surface area contributed by atoms with E-state index in [9.17, 15) is 4.79 Å². The Morgan fingerprint density at radius 2 is 2.27 bits per heavy atom. The van der Waals surface area contributed by atoms with Crippen LogP contribution in [0.2, 0.25) is 0 Å². The van der Waals surface area contributed by atoms with Gasteiger partial charge in [0.15, 0.2) is 0 Å². The standard InChI is InChI=1S/C8H9NOS/c1-9-8(10)6-3-2-4-7(11)5-6/h2-5,11H,1H3,(H,9,10). The van der Waals surface area contributed by atoms with Gasteiger partial charge in [-0.05, 0) is 18.2 Å². The molecule has 1 aromatic carbocycles. The number of hydrogen-bond acceptors (Lipinski definition) is 2. The van der Waals surface area contributed by atoms with Gasteiger partial charge in [0.2, 0.25) is 0 Å². The molecule has 0 spiro atoms. The Morgan fingerprint density at radius 3 is 2.82 bits per heavy atom. The van der Waals surface area contributed by atoms with Crippen LogP contribution in [-0.4, -0.2) is 13.0 Å². The number of rotatable bonds is 1. The van der Waals surface area contributed by atoms with Gasteiger partial charge >= 0.3 is 0 Å². The van der Waals surface area contributed by atoms with E-state index < -0.39 is 0 Å². The lowest BCUT2D eigenvalue weighted by molar-refractivity contribution is 0.0963. The predicted octanol–water partition coefficient (Wildman–Crippen LogP) is 1.33. The summed E-state index contributed by atoms with van der Waals surface area (Å²) in [4.78, 5) is 11.8. The van der Waals surface area contributed by atoms with Crippen LogP contribution < -0.4 is 5.32 Å². The topological polar surface area (TPSA) is 29.1 Å². The number of amides is 1. The number of nitrogens with one attached hydrogen (secondary N) is 1. The van der Waals surface area contributed by atoms with Gasteiger partial charge in [0.25, 0.3) is 5.91 Å². The third-order valence-electron chi connectivity index (χ3n) is 1.34. The molecule has 0 heterocycles. The van der Waals surface area contributed by atoms with E-state index in [0.717, 1.165) is 4.90 Å². The van der Waals surface area contributed by atoms with E-state index in [2.05, 4.69) is 17.9 Å². The van der Waals surface area contributed by atoms with Crippen LogP contribution in [-0.2, 0) is 0 Å². The Balaban J connectivity index is 2.96. The Kier molecular flexibility index (Phi) is 2.54. The molecule has 0 unspecified atom stereocenters. The summed E-state index contributed by atoms with van der Waals surface area (Å²) in [5.41, 5.74) is 0.639. The number of carbonyl (C=O) groups excluding carboxylic acids is 1. The van der Waals surface area contributed by atoms with Gasteiger partial charge in [0, 0.05) is 17.5 Å². The first-order valence-corrected chi connectivity index (χ1v) is 3.70. The van der Waals surface area contributed by atoms with E-state index in [-0.39, 0.29) is 5.91 Å². The van der Waals surface area contributed by atoms with E-state index in [1.165, 1.54) is 0 Å². The maximum absolute atomic E-state index is 11.0. The molecule has 1 N–H and O–H groups in total. The zero-order chi connectivity index (χ0) is 8.27. The van der Waals surface area contributed by atoms with Gasteiger partial charge in [0.1, 0.15) is 0 Å². The summed E-state index contributed by atoms with van der Waals surface area (Å²) in [5, 5.41) is 2.54. The highest BCUT2D eigenvalue weighted by Crippen LogP contribution is 2.07. The SMILES string of the molecule is CNC(=O)c1cccc(S)c1. The highest BCUT2D eigenvalue weighted by molar-refractivity contribution is 7.80. The molecule has 0 bridgehead atoms. The van der Waals surface area contributed by atoms with Crippen molar-refractivity contribution >= 4 is 18.5 Å². The summed E-state index contributed by atoms with van der Waals surface area (Å²) in [6, 6.07) is 7.10. The Labute approximate surface area is 71.0 Å². The molecule has 0 aliphatic heterocycles. The van der Waals surface area contributed by atoms with Crippen LogP contribution in [0, 0.1) is 0 Å². The van der Waals surface area contributed by atoms with E-state index in [1.807, 2.05) is 6.07 Å². The van der Waals surface area contributed by atoms with Crippen molar-refractivity contribution in [2.75, 3.05) is 7.05 Å². The second kappa shape index (κ2) is 3.44. The quantitative estimate of drug-likeness (QED) is 0.607. The summed E-state index contributed by atoms with van der Waals surface area (Å²) in [6.45, 7) is 0. The lowest BCUT2D eigenvalue weighted by atomic mass is 10.2. The fourth-order valence-electron chi connectivity index (χ4n) is 0.791. The van der Waals surface area contributed by atoms with E-state index in [1.54, 1.807) is 25.2 Å². The minimum atomic E-state index is -0.0825. The van der Waals surface area contributed by atoms with Crippen molar-refractivity contribution in [2.45, 2.75) is 4.90 Å². The number of carbonyl (C=O) groups is 1. The van der Waals surface area contributed by atoms with Gasteiger partial charge in [-0.15, -0.1) is 12.6 Å². The normalized spacial score (nSPS) is 9.27. The highest BCUT2D eigenvalue weighted by atomic mass is 32.1. The van der Waals surface area contributed by atoms with Gasteiger partial charge in [-0.25, -0.2) is 0 Å². The van der Waals surface area contributed by atoms with Crippen molar-refractivity contribution in [1.82, 2.24) is 5.32 Å². The highest BCUT2D eigenvalue weighted by Gasteiger charge is 2.00. The van der Waals surface area contributed by atoms with Crippen LogP contribution in [0.1, 0.15) is 10.4 Å². The lowest BCUT2D eigenvalue weighted by Gasteiger charge is -1.98. The van der Waals surface area contributed by atoms with Crippen molar-refractivity contribution in [2.24, 2.45) is 0 Å². The summed E-state index contributed by atoms with van der Waals surface area (Å²) in [5.74, 6) is -0.0825. The summed E-state index contributed by atoms with van der Waals surface area (Å²) < 4.78 is 0. The molecule has 0 aliphatic rings. The maximum atomic E-state index is 11.0. The third kappa shape index (κ3) is 1.98. The smallest absolute Gasteiger partial charge is 0.251 e. The molecule has 0 radical (unpaired) electrons. The van der Waals surface area contributed by atoms with Gasteiger partial charge in [-0.2, -0.15) is 0 Å². The molecular weight excluding hydrogens is 158 g/mol. The average Bonchev–Trinajstić information content (AvgIpc) is 2.03. The Morgan fingerprint density at radius 1 is 1.55 bits per heavy atom. The van der Waals surface area contributed by atoms with Gasteiger partial charge in [-0.1, -0.05) is 6.07 Å². The molecule has 2 nitrogen and oxygen atoms in total. The van der Waals surface area contributed by atoms with Crippen LogP contribution in [0.5, 0.6) is 0 Å². The number of benzene rings is 1. The van der Waals surface area contributed by atoms with Crippen molar-refractivity contribution in [3.05, 3.63) is 29.8 Å². The molecule has 0 aromatic heterocycles. The number of hydrogen-bond donors (Lipinski definition) is 2. The molecule has 1 amide bonds. The first kappa shape index (κ1) is 8.14. The molecule has 0 atom stereocenters. The van der Waals surface area contributed by atoms with E-state index in [4.69, 9.17) is 0 Å². The molecule has 0 saturated carbocycles. The van der Waals surface area contributed by atoms with Crippen LogP contribution in [0.4, 0.5) is 0 Å². The first-order chi connectivity index (χ1) is 5.24. The van der Waals surface area contributed by atoms with E-state index >= 15 is 0 Å². The zero-order valence-corrected chi connectivity index (χ0v) is 7.06. The fraction of sp³-hybridized carbons (Fsp3) is 0.125. The lowest BCUT2D eigenvalue weighted by Crippen LogP contribution is -2.17. The molecule has 0 aliphatic carbocycles. The zero-order valence-electron chi connectivity index (χ0n) is 6.16. The predicted molar refractivity (Wildman–Crippen MR) is 47.1 cm³/mol. The van der Waals surface area contributed by atoms with Crippen molar-refractivity contribution < 1.29 is 4.79 Å². The molecule has 1 rings (SSSR count). The minimum Gasteiger partial charge on any atom is -0.355 e. The molecule has 0 fully saturated rings. The average molecular weight is 167 g/mol. The number of thiol groups is 1. The summed E-state index contributed by atoms with van der Waals surface area (Å²) >= 11 is 4.11. The molecule has 58 valence electrons. The Bertz CT molecular complexity index is 273. The van der Waals surface area contributed by atoms with Gasteiger partial charge in [-0.3, -0.25) is 4.79 Å². The monoisotopic (exact) mass is 167 g/mol. The van der Waals surface area contributed by atoms with Crippen LogP contribution >= 0.6 is 12.6 Å². The van der Waals surface area contributed by atoms with Gasteiger partial charge < -0.3 is 5.32 Å². The molecule has 0 saturated heterocycles. The van der Waals surface area contributed by atoms with E-state index in [0.29, 0.717) is 5.56 Å². The van der Waals surface area contributed by atoms with Crippen LogP contribution in [0.15, 0.2) is 29.2 Å². The molecule has 3 heteroatoms. The summed E-state index contributed by atoms with van der Waals surface area (Å²) in [6.07, 6.45) is 0.